The Kier molecular flexibility index (Phi) is 5.41. The lowest BCUT2D eigenvalue weighted by Crippen LogP contribution is -2.23. The summed E-state index contributed by atoms with van der Waals surface area (Å²) in [6, 6.07) is 3.64. The van der Waals surface area contributed by atoms with Crippen LogP contribution in [0.4, 0.5) is 10.1 Å². The smallest absolute Gasteiger partial charge is 0.235 e. The van der Waals surface area contributed by atoms with E-state index in [0.29, 0.717) is 12.5 Å². The number of hydrogen-bond acceptors (Lipinski definition) is 4. The maximum absolute atomic E-state index is 13.1. The van der Waals surface area contributed by atoms with Crippen molar-refractivity contribution < 1.29 is 22.3 Å². The molecule has 0 amide bonds. The number of sulfonamides is 1. The zero-order valence-corrected chi connectivity index (χ0v) is 12.8. The van der Waals surface area contributed by atoms with Gasteiger partial charge in [0, 0.05) is 12.7 Å². The average molecular weight is 317 g/mol. The Labute approximate surface area is 124 Å². The van der Waals surface area contributed by atoms with E-state index in [1.54, 1.807) is 0 Å². The molecule has 0 spiro atoms. The number of anilines is 1. The van der Waals surface area contributed by atoms with Gasteiger partial charge in [0.1, 0.15) is 11.6 Å². The molecular formula is C14H20FNO4S. The molecular weight excluding hydrogens is 297 g/mol. The van der Waals surface area contributed by atoms with Crippen LogP contribution in [0.2, 0.25) is 0 Å². The van der Waals surface area contributed by atoms with Crippen LogP contribution in [0, 0.1) is 11.7 Å². The van der Waals surface area contributed by atoms with Gasteiger partial charge in [-0.15, -0.1) is 0 Å². The van der Waals surface area contributed by atoms with Crippen molar-refractivity contribution >= 4 is 15.7 Å². The Morgan fingerprint density at radius 1 is 1.38 bits per heavy atom. The maximum Gasteiger partial charge on any atom is 0.235 e. The van der Waals surface area contributed by atoms with E-state index in [2.05, 4.69) is 4.72 Å². The van der Waals surface area contributed by atoms with Crippen molar-refractivity contribution in [3.8, 4) is 5.75 Å². The molecule has 5 nitrogen and oxygen atoms in total. The summed E-state index contributed by atoms with van der Waals surface area (Å²) in [5.41, 5.74) is 0.220. The zero-order chi connectivity index (χ0) is 15.3. The Hall–Kier alpha value is -1.34. The van der Waals surface area contributed by atoms with Gasteiger partial charge in [-0.1, -0.05) is 6.42 Å². The molecule has 21 heavy (non-hydrogen) atoms. The third kappa shape index (κ3) is 4.86. The lowest BCUT2D eigenvalue weighted by atomic mass is 9.86. The molecule has 0 aliphatic heterocycles. The highest BCUT2D eigenvalue weighted by Gasteiger charge is 2.18. The number of methoxy groups -OCH3 is 1. The van der Waals surface area contributed by atoms with Crippen molar-refractivity contribution in [2.45, 2.75) is 19.3 Å². The highest BCUT2D eigenvalue weighted by molar-refractivity contribution is 7.92. The Morgan fingerprint density at radius 3 is 2.76 bits per heavy atom. The molecule has 0 unspecified atom stereocenters. The van der Waals surface area contributed by atoms with Gasteiger partial charge in [0.2, 0.25) is 10.0 Å². The molecule has 7 heteroatoms. The highest BCUT2D eigenvalue weighted by atomic mass is 32.2. The average Bonchev–Trinajstić information content (AvgIpc) is 2.38. The van der Waals surface area contributed by atoms with E-state index in [4.69, 9.17) is 9.47 Å². The van der Waals surface area contributed by atoms with Crippen LogP contribution >= 0.6 is 0 Å². The monoisotopic (exact) mass is 317 g/mol. The van der Waals surface area contributed by atoms with Crippen molar-refractivity contribution in [1.29, 1.82) is 0 Å². The van der Waals surface area contributed by atoms with Crippen LogP contribution in [0.5, 0.6) is 5.75 Å². The van der Waals surface area contributed by atoms with Crippen LogP contribution in [-0.4, -0.2) is 34.5 Å². The molecule has 0 bridgehead atoms. The standard InChI is InChI=1S/C14H20FNO4S/c1-19-14-9-12(15)5-6-13(14)16-21(17,18)8-7-20-10-11-3-2-4-11/h5-6,9,11,16H,2-4,7-8,10H2,1H3. The van der Waals surface area contributed by atoms with Gasteiger partial charge in [-0.25, -0.2) is 12.8 Å². The third-order valence-corrected chi connectivity index (χ3v) is 4.74. The van der Waals surface area contributed by atoms with Gasteiger partial charge in [-0.2, -0.15) is 0 Å². The van der Waals surface area contributed by atoms with Gasteiger partial charge in [0.15, 0.2) is 0 Å². The number of benzene rings is 1. The van der Waals surface area contributed by atoms with Gasteiger partial charge >= 0.3 is 0 Å². The van der Waals surface area contributed by atoms with E-state index in [0.717, 1.165) is 18.9 Å². The fourth-order valence-electron chi connectivity index (χ4n) is 2.05. The Morgan fingerprint density at radius 2 is 2.14 bits per heavy atom. The lowest BCUT2D eigenvalue weighted by molar-refractivity contribution is 0.0800. The van der Waals surface area contributed by atoms with E-state index in [1.807, 2.05) is 0 Å². The van der Waals surface area contributed by atoms with Crippen LogP contribution in [-0.2, 0) is 14.8 Å². The molecule has 1 saturated carbocycles. The number of rotatable bonds is 8. The van der Waals surface area contributed by atoms with Gasteiger partial charge in [-0.3, -0.25) is 4.72 Å². The second kappa shape index (κ2) is 7.09. The summed E-state index contributed by atoms with van der Waals surface area (Å²) in [7, 11) is -2.19. The summed E-state index contributed by atoms with van der Waals surface area (Å²) in [5.74, 6) is 0.103. The SMILES string of the molecule is COc1cc(F)ccc1NS(=O)(=O)CCOCC1CCC1. The van der Waals surface area contributed by atoms with Crippen molar-refractivity contribution in [2.75, 3.05) is 30.8 Å². The molecule has 1 aromatic rings. The van der Waals surface area contributed by atoms with Crippen LogP contribution in [0.15, 0.2) is 18.2 Å². The van der Waals surface area contributed by atoms with Crippen molar-refractivity contribution in [1.82, 2.24) is 0 Å². The number of ether oxygens (including phenoxy) is 2. The highest BCUT2D eigenvalue weighted by Crippen LogP contribution is 2.27. The van der Waals surface area contributed by atoms with Crippen molar-refractivity contribution in [3.63, 3.8) is 0 Å². The minimum atomic E-state index is -3.54. The quantitative estimate of drug-likeness (QED) is 0.748. The molecule has 1 aliphatic carbocycles. The minimum absolute atomic E-state index is 0.139. The molecule has 1 aromatic carbocycles. The second-order valence-electron chi connectivity index (χ2n) is 5.14. The molecule has 1 fully saturated rings. The van der Waals surface area contributed by atoms with Gasteiger partial charge in [0.25, 0.3) is 0 Å². The third-order valence-electron chi connectivity index (χ3n) is 3.50. The Balaban J connectivity index is 1.84. The topological polar surface area (TPSA) is 64.6 Å². The lowest BCUT2D eigenvalue weighted by Gasteiger charge is -2.24. The summed E-state index contributed by atoms with van der Waals surface area (Å²) in [6.07, 6.45) is 3.56. The summed E-state index contributed by atoms with van der Waals surface area (Å²) in [6.45, 7) is 0.769. The van der Waals surface area contributed by atoms with Crippen molar-refractivity contribution in [3.05, 3.63) is 24.0 Å². The number of hydrogen-bond donors (Lipinski definition) is 1. The van der Waals surface area contributed by atoms with Crippen LogP contribution < -0.4 is 9.46 Å². The van der Waals surface area contributed by atoms with E-state index in [1.165, 1.54) is 25.7 Å². The van der Waals surface area contributed by atoms with Crippen LogP contribution in [0.1, 0.15) is 19.3 Å². The molecule has 0 aromatic heterocycles. The van der Waals surface area contributed by atoms with E-state index in [-0.39, 0.29) is 23.8 Å². The Bertz CT molecular complexity index is 572. The maximum atomic E-state index is 13.1. The first-order valence-electron chi connectivity index (χ1n) is 6.92. The summed E-state index contributed by atoms with van der Waals surface area (Å²) >= 11 is 0. The summed E-state index contributed by atoms with van der Waals surface area (Å²) in [5, 5.41) is 0. The molecule has 1 N–H and O–H groups in total. The first-order chi connectivity index (χ1) is 10.00. The fraction of sp³-hybridized carbons (Fsp3) is 0.571. The van der Waals surface area contributed by atoms with E-state index < -0.39 is 15.8 Å². The molecule has 1 aliphatic rings. The van der Waals surface area contributed by atoms with Gasteiger partial charge < -0.3 is 9.47 Å². The molecule has 0 atom stereocenters. The second-order valence-corrected chi connectivity index (χ2v) is 6.98. The van der Waals surface area contributed by atoms with E-state index >= 15 is 0 Å². The largest absolute Gasteiger partial charge is 0.494 e. The summed E-state index contributed by atoms with van der Waals surface area (Å²) in [4.78, 5) is 0. The van der Waals surface area contributed by atoms with Crippen molar-refractivity contribution in [2.24, 2.45) is 5.92 Å². The normalized spacial score (nSPS) is 15.5. The van der Waals surface area contributed by atoms with E-state index in [9.17, 15) is 12.8 Å². The minimum Gasteiger partial charge on any atom is -0.494 e. The first-order valence-corrected chi connectivity index (χ1v) is 8.57. The fourth-order valence-corrected chi connectivity index (χ4v) is 2.99. The molecule has 118 valence electrons. The predicted molar refractivity (Wildman–Crippen MR) is 78.5 cm³/mol. The zero-order valence-electron chi connectivity index (χ0n) is 12.0. The van der Waals surface area contributed by atoms with Crippen LogP contribution in [0.3, 0.4) is 0 Å². The first kappa shape index (κ1) is 16.0. The summed E-state index contributed by atoms with van der Waals surface area (Å²) < 4.78 is 49.6. The molecule has 0 saturated heterocycles. The molecule has 0 radical (unpaired) electrons. The molecule has 0 heterocycles. The molecule has 2 rings (SSSR count). The number of nitrogens with one attached hydrogen (secondary N) is 1. The van der Waals surface area contributed by atoms with Crippen LogP contribution in [0.25, 0.3) is 0 Å². The predicted octanol–water partition coefficient (Wildman–Crippen LogP) is 2.39. The number of halogens is 1. The van der Waals surface area contributed by atoms with Gasteiger partial charge in [-0.05, 0) is 30.9 Å². The van der Waals surface area contributed by atoms with Gasteiger partial charge in [0.05, 0.1) is 25.2 Å².